The van der Waals surface area contributed by atoms with Crippen LogP contribution in [0.1, 0.15) is 30.0 Å². The first-order valence-corrected chi connectivity index (χ1v) is 6.14. The van der Waals surface area contributed by atoms with Gasteiger partial charge >= 0.3 is 6.03 Å². The number of aliphatic hydroxyl groups is 1. The van der Waals surface area contributed by atoms with Crippen molar-refractivity contribution in [2.24, 2.45) is 0 Å². The van der Waals surface area contributed by atoms with Crippen LogP contribution in [0, 0.1) is 5.82 Å². The number of nitrogens with one attached hydrogen (secondary N) is 2. The van der Waals surface area contributed by atoms with Gasteiger partial charge in [-0.2, -0.15) is 0 Å². The van der Waals surface area contributed by atoms with Gasteiger partial charge in [0.1, 0.15) is 5.82 Å². The van der Waals surface area contributed by atoms with Crippen LogP contribution in [0.5, 0.6) is 0 Å². The van der Waals surface area contributed by atoms with Gasteiger partial charge in [-0.25, -0.2) is 9.18 Å². The highest BCUT2D eigenvalue weighted by Gasteiger charge is 2.21. The highest BCUT2D eigenvalue weighted by molar-refractivity contribution is 5.74. The van der Waals surface area contributed by atoms with Crippen LogP contribution in [0.15, 0.2) is 18.2 Å². The van der Waals surface area contributed by atoms with E-state index >= 15 is 0 Å². The Kier molecular flexibility index (Phi) is 4.15. The smallest absolute Gasteiger partial charge is 0.315 e. The van der Waals surface area contributed by atoms with E-state index in [9.17, 15) is 9.18 Å². The zero-order valence-corrected chi connectivity index (χ0v) is 10.1. The first-order valence-electron chi connectivity index (χ1n) is 6.14. The molecule has 0 radical (unpaired) electrons. The van der Waals surface area contributed by atoms with Gasteiger partial charge in [0.15, 0.2) is 0 Å². The van der Waals surface area contributed by atoms with Crippen LogP contribution in [-0.4, -0.2) is 24.3 Å². The first-order chi connectivity index (χ1) is 8.70. The molecule has 4 nitrogen and oxygen atoms in total. The molecule has 0 aliphatic heterocycles. The number of benzene rings is 1. The van der Waals surface area contributed by atoms with E-state index in [1.165, 1.54) is 12.1 Å². The summed E-state index contributed by atoms with van der Waals surface area (Å²) < 4.78 is 13.1. The number of carbonyl (C=O) groups excluding carboxylic acids is 1. The van der Waals surface area contributed by atoms with Crippen LogP contribution in [-0.2, 0) is 6.42 Å². The molecule has 0 aromatic heterocycles. The maximum Gasteiger partial charge on any atom is 0.315 e. The number of urea groups is 1. The lowest BCUT2D eigenvalue weighted by molar-refractivity contribution is 0.229. The van der Waals surface area contributed by atoms with Crippen molar-refractivity contribution in [3.8, 4) is 0 Å². The Morgan fingerprint density at radius 2 is 2.33 bits per heavy atom. The quantitative estimate of drug-likeness (QED) is 0.763. The van der Waals surface area contributed by atoms with Crippen LogP contribution in [0.2, 0.25) is 0 Å². The molecule has 2 amide bonds. The molecular formula is C13H17FN2O2. The van der Waals surface area contributed by atoms with Crippen LogP contribution in [0.25, 0.3) is 0 Å². The van der Waals surface area contributed by atoms with Gasteiger partial charge in [-0.15, -0.1) is 0 Å². The first kappa shape index (κ1) is 12.8. The highest BCUT2D eigenvalue weighted by Crippen LogP contribution is 2.29. The second-order valence-electron chi connectivity index (χ2n) is 4.41. The van der Waals surface area contributed by atoms with Gasteiger partial charge in [-0.3, -0.25) is 0 Å². The van der Waals surface area contributed by atoms with Crippen molar-refractivity contribution in [3.63, 3.8) is 0 Å². The molecule has 0 saturated heterocycles. The summed E-state index contributed by atoms with van der Waals surface area (Å²) in [5, 5.41) is 14.0. The molecule has 1 aromatic carbocycles. The number of hydrogen-bond donors (Lipinski definition) is 3. The van der Waals surface area contributed by atoms with E-state index in [1.807, 2.05) is 0 Å². The molecule has 0 saturated carbocycles. The molecule has 98 valence electrons. The summed E-state index contributed by atoms with van der Waals surface area (Å²) in [5.41, 5.74) is 1.95. The van der Waals surface area contributed by atoms with E-state index < -0.39 is 0 Å². The van der Waals surface area contributed by atoms with E-state index in [-0.39, 0.29) is 31.0 Å². The number of rotatable bonds is 3. The molecule has 1 unspecified atom stereocenters. The lowest BCUT2D eigenvalue weighted by Crippen LogP contribution is -2.40. The number of hydrogen-bond acceptors (Lipinski definition) is 2. The topological polar surface area (TPSA) is 61.4 Å². The minimum Gasteiger partial charge on any atom is -0.395 e. The molecule has 0 heterocycles. The Morgan fingerprint density at radius 1 is 1.50 bits per heavy atom. The molecule has 1 atom stereocenters. The highest BCUT2D eigenvalue weighted by atomic mass is 19.1. The Labute approximate surface area is 105 Å². The summed E-state index contributed by atoms with van der Waals surface area (Å²) in [6.07, 6.45) is 2.64. The van der Waals surface area contributed by atoms with Gasteiger partial charge < -0.3 is 15.7 Å². The molecule has 5 heteroatoms. The number of aryl methyl sites for hydroxylation is 1. The van der Waals surface area contributed by atoms with Crippen LogP contribution in [0.4, 0.5) is 9.18 Å². The van der Waals surface area contributed by atoms with E-state index in [4.69, 9.17) is 5.11 Å². The average molecular weight is 252 g/mol. The standard InChI is InChI=1S/C13H17FN2O2/c14-10-4-5-11-9(8-10)2-1-3-12(11)16-13(18)15-6-7-17/h4-5,8,12,17H,1-3,6-7H2,(H2,15,16,18). The van der Waals surface area contributed by atoms with Crippen molar-refractivity contribution in [1.29, 1.82) is 0 Å². The van der Waals surface area contributed by atoms with E-state index in [0.717, 1.165) is 30.4 Å². The summed E-state index contributed by atoms with van der Waals surface area (Å²) in [6, 6.07) is 4.32. The zero-order valence-electron chi connectivity index (χ0n) is 10.1. The largest absolute Gasteiger partial charge is 0.395 e. The second kappa shape index (κ2) is 5.82. The second-order valence-corrected chi connectivity index (χ2v) is 4.41. The van der Waals surface area contributed by atoms with Gasteiger partial charge in [0.2, 0.25) is 0 Å². The number of fused-ring (bicyclic) bond motifs is 1. The van der Waals surface area contributed by atoms with Crippen molar-refractivity contribution in [1.82, 2.24) is 10.6 Å². The van der Waals surface area contributed by atoms with E-state index in [2.05, 4.69) is 10.6 Å². The number of aliphatic hydroxyl groups excluding tert-OH is 1. The summed E-state index contributed by atoms with van der Waals surface area (Å²) in [5.74, 6) is -0.237. The van der Waals surface area contributed by atoms with Crippen molar-refractivity contribution in [2.75, 3.05) is 13.2 Å². The van der Waals surface area contributed by atoms with Gasteiger partial charge in [0.05, 0.1) is 12.6 Å². The van der Waals surface area contributed by atoms with Gasteiger partial charge in [0, 0.05) is 6.54 Å². The normalized spacial score (nSPS) is 18.0. The SMILES string of the molecule is O=C(NCCO)NC1CCCc2cc(F)ccc21. The van der Waals surface area contributed by atoms with Crippen molar-refractivity contribution >= 4 is 6.03 Å². The molecule has 3 N–H and O–H groups in total. The number of amides is 2. The molecule has 2 rings (SSSR count). The fraction of sp³-hybridized carbons (Fsp3) is 0.462. The third-order valence-electron chi connectivity index (χ3n) is 3.12. The lowest BCUT2D eigenvalue weighted by Gasteiger charge is -2.26. The number of carbonyl (C=O) groups is 1. The Bertz CT molecular complexity index is 437. The van der Waals surface area contributed by atoms with Crippen LogP contribution in [0.3, 0.4) is 0 Å². The van der Waals surface area contributed by atoms with Crippen molar-refractivity contribution in [3.05, 3.63) is 35.1 Å². The molecule has 1 aliphatic rings. The molecular weight excluding hydrogens is 235 g/mol. The summed E-state index contributed by atoms with van der Waals surface area (Å²) in [4.78, 5) is 11.5. The Balaban J connectivity index is 2.06. The summed E-state index contributed by atoms with van der Waals surface area (Å²) >= 11 is 0. The van der Waals surface area contributed by atoms with E-state index in [1.54, 1.807) is 6.07 Å². The maximum absolute atomic E-state index is 13.1. The van der Waals surface area contributed by atoms with Crippen molar-refractivity contribution < 1.29 is 14.3 Å². The summed E-state index contributed by atoms with van der Waals surface area (Å²) in [6.45, 7) is 0.148. The summed E-state index contributed by atoms with van der Waals surface area (Å²) in [7, 11) is 0. The molecule has 1 aliphatic carbocycles. The minimum atomic E-state index is -0.300. The molecule has 0 bridgehead atoms. The van der Waals surface area contributed by atoms with Gasteiger partial charge in [-0.05, 0) is 42.5 Å². The lowest BCUT2D eigenvalue weighted by atomic mass is 9.88. The fourth-order valence-electron chi connectivity index (χ4n) is 2.31. The monoisotopic (exact) mass is 252 g/mol. The molecule has 1 aromatic rings. The van der Waals surface area contributed by atoms with Crippen LogP contribution >= 0.6 is 0 Å². The average Bonchev–Trinajstić information content (AvgIpc) is 2.36. The predicted octanol–water partition coefficient (Wildman–Crippen LogP) is 1.49. The van der Waals surface area contributed by atoms with Crippen molar-refractivity contribution in [2.45, 2.75) is 25.3 Å². The van der Waals surface area contributed by atoms with Crippen LogP contribution < -0.4 is 10.6 Å². The Hall–Kier alpha value is -1.62. The maximum atomic E-state index is 13.1. The third-order valence-corrected chi connectivity index (χ3v) is 3.12. The fourth-order valence-corrected chi connectivity index (χ4v) is 2.31. The number of halogens is 1. The predicted molar refractivity (Wildman–Crippen MR) is 65.7 cm³/mol. The minimum absolute atomic E-state index is 0.0759. The Morgan fingerprint density at radius 3 is 3.11 bits per heavy atom. The van der Waals surface area contributed by atoms with Gasteiger partial charge in [-0.1, -0.05) is 6.07 Å². The van der Waals surface area contributed by atoms with Gasteiger partial charge in [0.25, 0.3) is 0 Å². The molecule has 0 spiro atoms. The molecule has 0 fully saturated rings. The van der Waals surface area contributed by atoms with E-state index in [0.29, 0.717) is 0 Å². The third kappa shape index (κ3) is 2.98. The zero-order chi connectivity index (χ0) is 13.0. The molecule has 18 heavy (non-hydrogen) atoms.